The number of rotatable bonds is 4. The van der Waals surface area contributed by atoms with E-state index in [4.69, 9.17) is 5.11 Å². The molecule has 0 spiro atoms. The summed E-state index contributed by atoms with van der Waals surface area (Å²) >= 11 is 0. The number of carboxylic acid groups (broad SMARTS) is 1. The number of carbonyl (C=O) groups is 2. The second-order valence-corrected chi connectivity index (χ2v) is 8.47. The van der Waals surface area contributed by atoms with Crippen LogP contribution < -0.4 is 0 Å². The van der Waals surface area contributed by atoms with Crippen LogP contribution in [-0.4, -0.2) is 66.0 Å². The molecule has 2 saturated heterocycles. The Kier molecular flexibility index (Phi) is 4.60. The van der Waals surface area contributed by atoms with Crippen LogP contribution in [-0.2, 0) is 14.8 Å². The molecule has 0 aliphatic carbocycles. The number of benzene rings is 1. The number of hydrogen-bond acceptors (Lipinski definition) is 4. The Labute approximate surface area is 140 Å². The third kappa shape index (κ3) is 3.16. The molecule has 0 saturated carbocycles. The molecule has 0 aromatic heterocycles. The van der Waals surface area contributed by atoms with Crippen LogP contribution in [0.1, 0.15) is 23.2 Å². The fourth-order valence-electron chi connectivity index (χ4n) is 3.12. The van der Waals surface area contributed by atoms with Gasteiger partial charge >= 0.3 is 5.97 Å². The molecule has 1 N–H and O–H groups in total. The Morgan fingerprint density at radius 2 is 1.62 bits per heavy atom. The number of likely N-dealkylation sites (tertiary alicyclic amines) is 1. The monoisotopic (exact) mass is 352 g/mol. The maximum Gasteiger partial charge on any atom is 0.306 e. The molecule has 8 heteroatoms. The van der Waals surface area contributed by atoms with Crippen molar-refractivity contribution in [1.29, 1.82) is 0 Å². The summed E-state index contributed by atoms with van der Waals surface area (Å²) in [6.45, 7) is 0.856. The average Bonchev–Trinajstić information content (AvgIpc) is 2.54. The maximum atomic E-state index is 12.6. The molecule has 1 aromatic rings. The van der Waals surface area contributed by atoms with Crippen molar-refractivity contribution < 1.29 is 23.1 Å². The van der Waals surface area contributed by atoms with Gasteiger partial charge in [-0.2, -0.15) is 0 Å². The lowest BCUT2D eigenvalue weighted by Crippen LogP contribution is -2.60. The van der Waals surface area contributed by atoms with Crippen LogP contribution >= 0.6 is 0 Å². The molecule has 24 heavy (non-hydrogen) atoms. The number of nitrogens with zero attached hydrogens (tertiary/aromatic N) is 2. The Bertz CT molecular complexity index is 720. The fourth-order valence-corrected chi connectivity index (χ4v) is 5.00. The number of sulfonamides is 1. The molecule has 0 bridgehead atoms. The van der Waals surface area contributed by atoms with Crippen molar-refractivity contribution in [2.75, 3.05) is 26.2 Å². The Morgan fingerprint density at radius 3 is 2.17 bits per heavy atom. The van der Waals surface area contributed by atoms with E-state index in [0.717, 1.165) is 0 Å². The van der Waals surface area contributed by atoms with Gasteiger partial charge in [-0.25, -0.2) is 12.7 Å². The van der Waals surface area contributed by atoms with Crippen LogP contribution in [0, 0.1) is 5.92 Å². The van der Waals surface area contributed by atoms with Crippen molar-refractivity contribution >= 4 is 21.9 Å². The molecule has 130 valence electrons. The van der Waals surface area contributed by atoms with Crippen molar-refractivity contribution in [1.82, 2.24) is 9.21 Å². The third-order valence-corrected chi connectivity index (χ3v) is 6.97. The highest BCUT2D eigenvalue weighted by atomic mass is 32.2. The van der Waals surface area contributed by atoms with E-state index < -0.39 is 27.2 Å². The molecule has 0 atom stereocenters. The highest BCUT2D eigenvalue weighted by Crippen LogP contribution is 2.26. The molecular weight excluding hydrogens is 332 g/mol. The van der Waals surface area contributed by atoms with Gasteiger partial charge in [0.15, 0.2) is 0 Å². The molecule has 2 aliphatic rings. The highest BCUT2D eigenvalue weighted by Gasteiger charge is 2.44. The van der Waals surface area contributed by atoms with E-state index in [1.807, 2.05) is 6.07 Å². The average molecular weight is 352 g/mol. The van der Waals surface area contributed by atoms with E-state index in [9.17, 15) is 18.0 Å². The van der Waals surface area contributed by atoms with Gasteiger partial charge in [0, 0.05) is 31.7 Å². The second kappa shape index (κ2) is 6.52. The molecular formula is C16H20N2O5S. The number of carboxylic acids is 1. The highest BCUT2D eigenvalue weighted by molar-refractivity contribution is 7.89. The van der Waals surface area contributed by atoms with Crippen LogP contribution in [0.15, 0.2) is 30.3 Å². The van der Waals surface area contributed by atoms with Crippen LogP contribution in [0.5, 0.6) is 0 Å². The lowest BCUT2D eigenvalue weighted by Gasteiger charge is -2.42. The first-order chi connectivity index (χ1) is 11.4. The van der Waals surface area contributed by atoms with Gasteiger partial charge in [-0.1, -0.05) is 18.2 Å². The molecule has 1 aromatic carbocycles. The van der Waals surface area contributed by atoms with Gasteiger partial charge < -0.3 is 10.0 Å². The SMILES string of the molecule is O=C(O)C1CCN(S(=O)(=O)C2CN(C(=O)c3ccccc3)C2)CC1. The largest absolute Gasteiger partial charge is 0.481 e. The lowest BCUT2D eigenvalue weighted by atomic mass is 9.99. The van der Waals surface area contributed by atoms with E-state index in [0.29, 0.717) is 18.4 Å². The number of hydrogen-bond donors (Lipinski definition) is 1. The van der Waals surface area contributed by atoms with E-state index >= 15 is 0 Å². The Balaban J connectivity index is 1.57. The summed E-state index contributed by atoms with van der Waals surface area (Å²) < 4.78 is 26.6. The van der Waals surface area contributed by atoms with Gasteiger partial charge in [0.1, 0.15) is 5.25 Å². The number of carbonyl (C=O) groups excluding carboxylic acids is 1. The predicted molar refractivity (Wildman–Crippen MR) is 87.0 cm³/mol. The first-order valence-corrected chi connectivity index (χ1v) is 9.46. The molecule has 7 nitrogen and oxygen atoms in total. The number of aliphatic carboxylic acids is 1. The van der Waals surface area contributed by atoms with Crippen LogP contribution in [0.2, 0.25) is 0 Å². The lowest BCUT2D eigenvalue weighted by molar-refractivity contribution is -0.142. The molecule has 1 amide bonds. The van der Waals surface area contributed by atoms with Crippen molar-refractivity contribution in [3.8, 4) is 0 Å². The number of piperidine rings is 1. The summed E-state index contributed by atoms with van der Waals surface area (Å²) in [5.74, 6) is -1.49. The quantitative estimate of drug-likeness (QED) is 0.858. The fraction of sp³-hybridized carbons (Fsp3) is 0.500. The Morgan fingerprint density at radius 1 is 1.04 bits per heavy atom. The van der Waals surface area contributed by atoms with Gasteiger partial charge in [-0.05, 0) is 25.0 Å². The zero-order valence-corrected chi connectivity index (χ0v) is 14.0. The van der Waals surface area contributed by atoms with Crippen LogP contribution in [0.25, 0.3) is 0 Å². The van der Waals surface area contributed by atoms with E-state index in [1.165, 1.54) is 9.21 Å². The molecule has 3 rings (SSSR count). The van der Waals surface area contributed by atoms with Gasteiger partial charge in [-0.3, -0.25) is 9.59 Å². The molecule has 2 fully saturated rings. The predicted octanol–water partition coefficient (Wildman–Crippen LogP) is 0.637. The minimum absolute atomic E-state index is 0.161. The minimum Gasteiger partial charge on any atom is -0.481 e. The first-order valence-electron chi connectivity index (χ1n) is 7.95. The van der Waals surface area contributed by atoms with E-state index in [2.05, 4.69) is 0 Å². The molecule has 0 unspecified atom stereocenters. The molecule has 0 radical (unpaired) electrons. The number of amides is 1. The summed E-state index contributed by atoms with van der Waals surface area (Å²) in [5.41, 5.74) is 0.552. The Hall–Kier alpha value is -1.93. The summed E-state index contributed by atoms with van der Waals surface area (Å²) in [7, 11) is -3.48. The van der Waals surface area contributed by atoms with Gasteiger partial charge in [-0.15, -0.1) is 0 Å². The van der Waals surface area contributed by atoms with Gasteiger partial charge in [0.05, 0.1) is 5.92 Å². The normalized spacial score (nSPS) is 20.6. The summed E-state index contributed by atoms with van der Waals surface area (Å²) in [6.07, 6.45) is 0.682. The smallest absolute Gasteiger partial charge is 0.306 e. The molecule has 2 aliphatic heterocycles. The minimum atomic E-state index is -3.48. The standard InChI is InChI=1S/C16H20N2O5S/c19-15(12-4-2-1-3-5-12)17-10-14(11-17)24(22,23)18-8-6-13(7-9-18)16(20)21/h1-5,13-14H,6-11H2,(H,20,21). The van der Waals surface area contributed by atoms with Crippen LogP contribution in [0.4, 0.5) is 0 Å². The van der Waals surface area contributed by atoms with E-state index in [1.54, 1.807) is 24.3 Å². The summed E-state index contributed by atoms with van der Waals surface area (Å²) in [4.78, 5) is 24.7. The zero-order valence-electron chi connectivity index (χ0n) is 13.2. The van der Waals surface area contributed by atoms with E-state index in [-0.39, 0.29) is 32.1 Å². The van der Waals surface area contributed by atoms with Crippen molar-refractivity contribution in [2.45, 2.75) is 18.1 Å². The van der Waals surface area contributed by atoms with Crippen LogP contribution in [0.3, 0.4) is 0 Å². The summed E-state index contributed by atoms with van der Waals surface area (Å²) in [6, 6.07) is 8.78. The third-order valence-electron chi connectivity index (χ3n) is 4.74. The topological polar surface area (TPSA) is 95.0 Å². The van der Waals surface area contributed by atoms with Crippen molar-refractivity contribution in [3.05, 3.63) is 35.9 Å². The summed E-state index contributed by atoms with van der Waals surface area (Å²) in [5, 5.41) is 8.39. The van der Waals surface area contributed by atoms with Gasteiger partial charge in [0.2, 0.25) is 10.0 Å². The van der Waals surface area contributed by atoms with Gasteiger partial charge in [0.25, 0.3) is 5.91 Å². The second-order valence-electron chi connectivity index (χ2n) is 6.25. The first kappa shape index (κ1) is 16.9. The molecule has 2 heterocycles. The zero-order chi connectivity index (χ0) is 17.3. The van der Waals surface area contributed by atoms with Crippen molar-refractivity contribution in [3.63, 3.8) is 0 Å². The van der Waals surface area contributed by atoms with Crippen molar-refractivity contribution in [2.24, 2.45) is 5.92 Å². The maximum absolute atomic E-state index is 12.6.